The van der Waals surface area contributed by atoms with Crippen molar-refractivity contribution in [1.82, 2.24) is 9.88 Å². The molecular weight excluding hydrogens is 467 g/mol. The van der Waals surface area contributed by atoms with Crippen molar-refractivity contribution in [2.75, 3.05) is 26.7 Å². The fraction of sp³-hybridized carbons (Fsp3) is 0.643. The van der Waals surface area contributed by atoms with Crippen LogP contribution in [0.4, 0.5) is 4.39 Å². The molecule has 1 aliphatic heterocycles. The normalized spacial score (nSPS) is 20.1. The number of ether oxygens (including phenoxy) is 1. The molecule has 2 heterocycles. The predicted octanol–water partition coefficient (Wildman–Crippen LogP) is 7.21. The van der Waals surface area contributed by atoms with Crippen molar-refractivity contribution in [3.8, 4) is 5.75 Å². The molecule has 0 bridgehead atoms. The summed E-state index contributed by atoms with van der Waals surface area (Å²) in [6.45, 7) is 2.89. The number of piperidine rings is 1. The number of likely N-dealkylation sites (tertiary alicyclic amines) is 1. The Morgan fingerprint density at radius 1 is 1.29 bits per heavy atom. The van der Waals surface area contributed by atoms with Crippen LogP contribution in [0.3, 0.4) is 0 Å². The van der Waals surface area contributed by atoms with E-state index >= 15 is 4.39 Å². The Morgan fingerprint density at radius 2 is 2.03 bits per heavy atom. The lowest BCUT2D eigenvalue weighted by atomic mass is 9.71. The molecule has 0 amide bonds. The van der Waals surface area contributed by atoms with Crippen LogP contribution in [0.1, 0.15) is 82.4 Å². The molecule has 1 N–H and O–H groups in total. The highest BCUT2D eigenvalue weighted by Crippen LogP contribution is 2.44. The summed E-state index contributed by atoms with van der Waals surface area (Å²) in [7, 11) is 1.57. The first kappa shape index (κ1) is 26.2. The molecule has 5 nitrogen and oxygen atoms in total. The molecule has 1 atom stereocenters. The Labute approximate surface area is 213 Å². The monoisotopic (exact) mass is 504 g/mol. The molecule has 0 spiro atoms. The van der Waals surface area contributed by atoms with E-state index in [1.54, 1.807) is 25.3 Å². The van der Waals surface area contributed by atoms with Gasteiger partial charge in [0.05, 0.1) is 24.1 Å². The number of methoxy groups -OCH3 is 1. The van der Waals surface area contributed by atoms with Crippen molar-refractivity contribution >= 4 is 28.5 Å². The van der Waals surface area contributed by atoms with Gasteiger partial charge in [-0.3, -0.25) is 9.78 Å². The van der Waals surface area contributed by atoms with Gasteiger partial charge in [-0.15, -0.1) is 0 Å². The maximum Gasteiger partial charge on any atom is 0.303 e. The molecule has 1 saturated carbocycles. The molecular formula is C28H38ClFN2O3. The van der Waals surface area contributed by atoms with Gasteiger partial charge in [-0.05, 0) is 81.3 Å². The van der Waals surface area contributed by atoms with Crippen LogP contribution in [-0.2, 0) is 4.79 Å². The van der Waals surface area contributed by atoms with Gasteiger partial charge in [0.2, 0.25) is 0 Å². The van der Waals surface area contributed by atoms with Crippen molar-refractivity contribution in [3.05, 3.63) is 35.0 Å². The smallest absolute Gasteiger partial charge is 0.303 e. The summed E-state index contributed by atoms with van der Waals surface area (Å²) >= 11 is 6.41. The topological polar surface area (TPSA) is 62.7 Å². The number of carboxylic acid groups (broad SMARTS) is 1. The zero-order chi connectivity index (χ0) is 24.8. The number of halogens is 2. The second kappa shape index (κ2) is 11.9. The molecule has 1 saturated heterocycles. The van der Waals surface area contributed by atoms with E-state index in [-0.39, 0.29) is 18.3 Å². The summed E-state index contributed by atoms with van der Waals surface area (Å²) in [4.78, 5) is 18.6. The molecule has 1 aromatic heterocycles. The van der Waals surface area contributed by atoms with Crippen LogP contribution in [0.2, 0.25) is 5.02 Å². The number of aliphatic carboxylic acids is 1. The highest BCUT2D eigenvalue weighted by atomic mass is 35.5. The zero-order valence-electron chi connectivity index (χ0n) is 20.8. The standard InChI is InChI=1S/C28H38ClFN2O3/c1-35-21-7-8-25-22(17-21)27(23(29)19-31-25)24(30)9-11-28(18-26(33)34)12-15-32(16-13-28)14-10-20-5-3-2-4-6-20/h7-8,17,19-20,24H,2-6,9-16,18H2,1H3,(H,33,34)/t24-/m1/s1. The SMILES string of the molecule is COc1ccc2ncc(Cl)c([C@H](F)CCC3(CC(=O)O)CCN(CCC4CCCCC4)CC3)c2c1. The lowest BCUT2D eigenvalue weighted by molar-refractivity contribution is -0.141. The number of carboxylic acids is 1. The second-order valence-corrected chi connectivity index (χ2v) is 11.0. The highest BCUT2D eigenvalue weighted by Gasteiger charge is 2.37. The van der Waals surface area contributed by atoms with E-state index in [1.807, 2.05) is 0 Å². The number of aromatic nitrogens is 1. The number of rotatable bonds is 10. The summed E-state index contributed by atoms with van der Waals surface area (Å²) in [5.41, 5.74) is 0.718. The minimum atomic E-state index is -1.30. The lowest BCUT2D eigenvalue weighted by Crippen LogP contribution is -2.42. The summed E-state index contributed by atoms with van der Waals surface area (Å²) in [5, 5.41) is 10.6. The van der Waals surface area contributed by atoms with Crippen molar-refractivity contribution in [1.29, 1.82) is 0 Å². The molecule has 1 aliphatic carbocycles. The molecule has 7 heteroatoms. The third kappa shape index (κ3) is 6.65. The number of hydrogen-bond acceptors (Lipinski definition) is 4. The van der Waals surface area contributed by atoms with Crippen LogP contribution in [0.25, 0.3) is 10.9 Å². The summed E-state index contributed by atoms with van der Waals surface area (Å²) < 4.78 is 21.0. The molecule has 2 aromatic rings. The maximum atomic E-state index is 15.7. The Balaban J connectivity index is 1.40. The number of hydrogen-bond donors (Lipinski definition) is 1. The minimum absolute atomic E-state index is 0.0921. The average molecular weight is 505 g/mol. The number of alkyl halides is 1. The fourth-order valence-electron chi connectivity index (χ4n) is 6.12. The van der Waals surface area contributed by atoms with Crippen molar-refractivity contribution in [2.24, 2.45) is 11.3 Å². The van der Waals surface area contributed by atoms with E-state index in [4.69, 9.17) is 16.3 Å². The molecule has 2 aliphatic rings. The first-order chi connectivity index (χ1) is 16.9. The predicted molar refractivity (Wildman–Crippen MR) is 138 cm³/mol. The summed E-state index contributed by atoms with van der Waals surface area (Å²) in [6, 6.07) is 5.37. The number of carbonyl (C=O) groups is 1. The first-order valence-electron chi connectivity index (χ1n) is 13.1. The third-order valence-corrected chi connectivity index (χ3v) is 8.63. The molecule has 192 valence electrons. The van der Waals surface area contributed by atoms with E-state index in [2.05, 4.69) is 9.88 Å². The van der Waals surface area contributed by atoms with Gasteiger partial charge in [0.15, 0.2) is 0 Å². The zero-order valence-corrected chi connectivity index (χ0v) is 21.5. The van der Waals surface area contributed by atoms with Gasteiger partial charge in [0, 0.05) is 17.1 Å². The molecule has 0 unspecified atom stereocenters. The molecule has 2 fully saturated rings. The Morgan fingerprint density at radius 3 is 2.71 bits per heavy atom. The third-order valence-electron chi connectivity index (χ3n) is 8.33. The maximum absolute atomic E-state index is 15.7. The summed E-state index contributed by atoms with van der Waals surface area (Å²) in [5.74, 6) is 0.673. The van der Waals surface area contributed by atoms with Gasteiger partial charge >= 0.3 is 5.97 Å². The minimum Gasteiger partial charge on any atom is -0.497 e. The van der Waals surface area contributed by atoms with Crippen LogP contribution in [0.5, 0.6) is 5.75 Å². The second-order valence-electron chi connectivity index (χ2n) is 10.6. The van der Waals surface area contributed by atoms with Gasteiger partial charge in [0.25, 0.3) is 0 Å². The van der Waals surface area contributed by atoms with Gasteiger partial charge in [-0.2, -0.15) is 0 Å². The number of pyridine rings is 1. The number of fused-ring (bicyclic) bond motifs is 1. The summed E-state index contributed by atoms with van der Waals surface area (Å²) in [6.07, 6.45) is 10.7. The van der Waals surface area contributed by atoms with E-state index < -0.39 is 12.1 Å². The van der Waals surface area contributed by atoms with Gasteiger partial charge in [-0.1, -0.05) is 43.7 Å². The van der Waals surface area contributed by atoms with Crippen LogP contribution in [0, 0.1) is 11.3 Å². The number of nitrogens with zero attached hydrogens (tertiary/aromatic N) is 2. The molecule has 4 rings (SSSR count). The molecule has 35 heavy (non-hydrogen) atoms. The quantitative estimate of drug-likeness (QED) is 0.370. The van der Waals surface area contributed by atoms with Gasteiger partial charge < -0.3 is 14.7 Å². The van der Waals surface area contributed by atoms with Gasteiger partial charge in [-0.25, -0.2) is 4.39 Å². The fourth-order valence-corrected chi connectivity index (χ4v) is 6.39. The van der Waals surface area contributed by atoms with Crippen molar-refractivity contribution in [2.45, 2.75) is 76.8 Å². The largest absolute Gasteiger partial charge is 0.497 e. The average Bonchev–Trinajstić information content (AvgIpc) is 2.87. The highest BCUT2D eigenvalue weighted by molar-refractivity contribution is 6.32. The van der Waals surface area contributed by atoms with Crippen LogP contribution >= 0.6 is 11.6 Å². The van der Waals surface area contributed by atoms with Crippen LogP contribution < -0.4 is 4.74 Å². The molecule has 0 radical (unpaired) electrons. The van der Waals surface area contributed by atoms with Crippen molar-refractivity contribution in [3.63, 3.8) is 0 Å². The van der Waals surface area contributed by atoms with Crippen molar-refractivity contribution < 1.29 is 19.0 Å². The number of benzene rings is 1. The Bertz CT molecular complexity index is 1000. The van der Waals surface area contributed by atoms with E-state index in [0.717, 1.165) is 38.4 Å². The van der Waals surface area contributed by atoms with E-state index in [0.29, 0.717) is 33.7 Å². The first-order valence-corrected chi connectivity index (χ1v) is 13.5. The van der Waals surface area contributed by atoms with E-state index in [9.17, 15) is 9.90 Å². The Hall–Kier alpha value is -1.92. The van der Waals surface area contributed by atoms with Gasteiger partial charge in [0.1, 0.15) is 11.9 Å². The van der Waals surface area contributed by atoms with Crippen LogP contribution in [-0.4, -0.2) is 47.7 Å². The molecule has 1 aromatic carbocycles. The Kier molecular flexibility index (Phi) is 8.87. The van der Waals surface area contributed by atoms with Crippen LogP contribution in [0.15, 0.2) is 24.4 Å². The van der Waals surface area contributed by atoms with E-state index in [1.165, 1.54) is 44.7 Å². The lowest BCUT2D eigenvalue weighted by Gasteiger charge is -2.42.